The molecule has 2 aromatic rings. The van der Waals surface area contributed by atoms with Crippen LogP contribution in [0.4, 0.5) is 5.69 Å². The molecule has 1 atom stereocenters. The summed E-state index contributed by atoms with van der Waals surface area (Å²) in [6.45, 7) is 5.70. The lowest BCUT2D eigenvalue weighted by Crippen LogP contribution is -2.32. The van der Waals surface area contributed by atoms with Crippen LogP contribution in [0, 0.1) is 6.92 Å². The van der Waals surface area contributed by atoms with Crippen LogP contribution in [0.1, 0.15) is 36.2 Å². The van der Waals surface area contributed by atoms with Crippen molar-refractivity contribution in [3.05, 3.63) is 59.7 Å². The summed E-state index contributed by atoms with van der Waals surface area (Å²) in [5.41, 5.74) is 1.57. The molecule has 2 rings (SSSR count). The summed E-state index contributed by atoms with van der Waals surface area (Å²) in [7, 11) is -3.69. The minimum atomic E-state index is -3.69. The maximum Gasteiger partial charge on any atom is 0.261 e. The molecular weight excluding hydrogens is 324 g/mol. The maximum absolute atomic E-state index is 12.4. The summed E-state index contributed by atoms with van der Waals surface area (Å²) < 4.78 is 27.5. The van der Waals surface area contributed by atoms with E-state index in [4.69, 9.17) is 0 Å². The number of anilines is 1. The number of rotatable bonds is 6. The Morgan fingerprint density at radius 3 is 2.42 bits per heavy atom. The van der Waals surface area contributed by atoms with Crippen molar-refractivity contribution < 1.29 is 13.2 Å². The van der Waals surface area contributed by atoms with E-state index in [-0.39, 0.29) is 16.8 Å². The topological polar surface area (TPSA) is 75.3 Å². The first-order valence-corrected chi connectivity index (χ1v) is 9.31. The highest BCUT2D eigenvalue weighted by atomic mass is 32.2. The quantitative estimate of drug-likeness (QED) is 0.842. The molecule has 2 aromatic carbocycles. The third-order valence-corrected chi connectivity index (χ3v) is 5.17. The molecule has 0 radical (unpaired) electrons. The summed E-state index contributed by atoms with van der Waals surface area (Å²) in [5.74, 6) is -0.218. The van der Waals surface area contributed by atoms with Gasteiger partial charge in [0, 0.05) is 11.6 Å². The van der Waals surface area contributed by atoms with Crippen LogP contribution in [-0.4, -0.2) is 20.4 Å². The lowest BCUT2D eigenvalue weighted by molar-refractivity contribution is 0.0939. The smallest absolute Gasteiger partial charge is 0.261 e. The molecule has 0 unspecified atom stereocenters. The normalized spacial score (nSPS) is 12.5. The Hall–Kier alpha value is -2.34. The Bertz CT molecular complexity index is 817. The first kappa shape index (κ1) is 18.0. The van der Waals surface area contributed by atoms with Crippen LogP contribution in [0.3, 0.4) is 0 Å². The van der Waals surface area contributed by atoms with Gasteiger partial charge in [0.1, 0.15) is 0 Å². The van der Waals surface area contributed by atoms with Gasteiger partial charge in [-0.15, -0.1) is 0 Å². The van der Waals surface area contributed by atoms with E-state index in [2.05, 4.69) is 10.0 Å². The second-order valence-electron chi connectivity index (χ2n) is 5.73. The van der Waals surface area contributed by atoms with Gasteiger partial charge in [0.15, 0.2) is 0 Å². The Morgan fingerprint density at radius 2 is 1.79 bits per heavy atom. The fraction of sp³-hybridized carbons (Fsp3) is 0.278. The molecule has 0 heterocycles. The molecule has 0 aliphatic rings. The van der Waals surface area contributed by atoms with Crippen LogP contribution >= 0.6 is 0 Å². The fourth-order valence-corrected chi connectivity index (χ4v) is 3.23. The Labute approximate surface area is 143 Å². The molecule has 0 aromatic heterocycles. The molecule has 0 saturated heterocycles. The number of amides is 1. The number of hydrogen-bond donors (Lipinski definition) is 2. The number of carbonyl (C=O) groups excluding carboxylic acids is 1. The molecule has 128 valence electrons. The van der Waals surface area contributed by atoms with Gasteiger partial charge in [0.2, 0.25) is 0 Å². The minimum absolute atomic E-state index is 0.0586. The largest absolute Gasteiger partial charge is 0.350 e. The summed E-state index contributed by atoms with van der Waals surface area (Å²) in [6, 6.07) is 13.2. The second kappa shape index (κ2) is 7.49. The van der Waals surface area contributed by atoms with Crippen molar-refractivity contribution in [1.82, 2.24) is 5.32 Å². The first-order chi connectivity index (χ1) is 11.3. The van der Waals surface area contributed by atoms with Crippen molar-refractivity contribution in [2.45, 2.75) is 38.1 Å². The highest BCUT2D eigenvalue weighted by Crippen LogP contribution is 2.21. The van der Waals surface area contributed by atoms with Gasteiger partial charge in [0.25, 0.3) is 15.9 Å². The van der Waals surface area contributed by atoms with Crippen molar-refractivity contribution in [2.24, 2.45) is 0 Å². The number of carbonyl (C=O) groups is 1. The van der Waals surface area contributed by atoms with Gasteiger partial charge in [-0.25, -0.2) is 8.42 Å². The summed E-state index contributed by atoms with van der Waals surface area (Å²) in [6.07, 6.45) is 0.824. The third-order valence-electron chi connectivity index (χ3n) is 3.79. The van der Waals surface area contributed by atoms with Crippen LogP contribution in [0.5, 0.6) is 0 Å². The van der Waals surface area contributed by atoms with Gasteiger partial charge in [0.05, 0.1) is 10.6 Å². The number of nitrogens with one attached hydrogen (secondary N) is 2. The van der Waals surface area contributed by atoms with Crippen LogP contribution < -0.4 is 10.0 Å². The molecular formula is C18H22N2O3S. The van der Waals surface area contributed by atoms with Crippen molar-refractivity contribution in [1.29, 1.82) is 0 Å². The molecule has 6 heteroatoms. The van der Waals surface area contributed by atoms with Crippen molar-refractivity contribution in [2.75, 3.05) is 4.72 Å². The van der Waals surface area contributed by atoms with E-state index in [1.54, 1.807) is 43.3 Å². The van der Waals surface area contributed by atoms with Gasteiger partial charge in [-0.1, -0.05) is 31.2 Å². The van der Waals surface area contributed by atoms with Gasteiger partial charge in [-0.3, -0.25) is 9.52 Å². The molecule has 0 aliphatic heterocycles. The monoisotopic (exact) mass is 346 g/mol. The van der Waals surface area contributed by atoms with E-state index >= 15 is 0 Å². The molecule has 0 saturated carbocycles. The van der Waals surface area contributed by atoms with E-state index < -0.39 is 10.0 Å². The first-order valence-electron chi connectivity index (χ1n) is 7.83. The zero-order valence-corrected chi connectivity index (χ0v) is 14.9. The number of aryl methyl sites for hydroxylation is 1. The zero-order valence-electron chi connectivity index (χ0n) is 14.0. The average Bonchev–Trinajstić information content (AvgIpc) is 2.57. The maximum atomic E-state index is 12.4. The summed E-state index contributed by atoms with van der Waals surface area (Å²) >= 11 is 0. The summed E-state index contributed by atoms with van der Waals surface area (Å²) in [4.78, 5) is 12.4. The average molecular weight is 346 g/mol. The Morgan fingerprint density at radius 1 is 1.12 bits per heavy atom. The van der Waals surface area contributed by atoms with Crippen molar-refractivity contribution >= 4 is 21.6 Å². The standard InChI is InChI=1S/C18H22N2O3S/c1-4-14(3)19-18(21)15-11-10-13(2)17(12-15)20-24(22,23)16-8-6-5-7-9-16/h5-12,14,20H,4H2,1-3H3,(H,19,21)/t14-/m0/s1. The van der Waals surface area contributed by atoms with Crippen molar-refractivity contribution in [3.8, 4) is 0 Å². The van der Waals surface area contributed by atoms with E-state index in [0.717, 1.165) is 12.0 Å². The molecule has 0 bridgehead atoms. The SMILES string of the molecule is CC[C@H](C)NC(=O)c1ccc(C)c(NS(=O)(=O)c2ccccc2)c1. The van der Waals surface area contributed by atoms with Crippen LogP contribution in [-0.2, 0) is 10.0 Å². The second-order valence-corrected chi connectivity index (χ2v) is 7.41. The zero-order chi connectivity index (χ0) is 17.7. The molecule has 5 nitrogen and oxygen atoms in total. The van der Waals surface area contributed by atoms with Gasteiger partial charge >= 0.3 is 0 Å². The van der Waals surface area contributed by atoms with E-state index in [1.807, 2.05) is 13.8 Å². The third kappa shape index (κ3) is 4.35. The number of sulfonamides is 1. The predicted molar refractivity (Wildman–Crippen MR) is 95.6 cm³/mol. The molecule has 24 heavy (non-hydrogen) atoms. The highest BCUT2D eigenvalue weighted by molar-refractivity contribution is 7.92. The van der Waals surface area contributed by atoms with Crippen molar-refractivity contribution in [3.63, 3.8) is 0 Å². The Kier molecular flexibility index (Phi) is 5.62. The molecule has 2 N–H and O–H groups in total. The van der Waals surface area contributed by atoms with E-state index in [9.17, 15) is 13.2 Å². The van der Waals surface area contributed by atoms with Crippen LogP contribution in [0.15, 0.2) is 53.4 Å². The lowest BCUT2D eigenvalue weighted by Gasteiger charge is -2.14. The fourth-order valence-electron chi connectivity index (χ4n) is 2.09. The predicted octanol–water partition coefficient (Wildman–Crippen LogP) is 3.32. The lowest BCUT2D eigenvalue weighted by atomic mass is 10.1. The van der Waals surface area contributed by atoms with E-state index in [1.165, 1.54) is 12.1 Å². The molecule has 0 aliphatic carbocycles. The molecule has 0 fully saturated rings. The van der Waals surface area contributed by atoms with Gasteiger partial charge in [-0.05, 0) is 50.1 Å². The van der Waals surface area contributed by atoms with Gasteiger partial charge in [-0.2, -0.15) is 0 Å². The minimum Gasteiger partial charge on any atom is -0.350 e. The van der Waals surface area contributed by atoms with E-state index in [0.29, 0.717) is 11.3 Å². The number of benzene rings is 2. The summed E-state index contributed by atoms with van der Waals surface area (Å²) in [5, 5.41) is 2.87. The Balaban J connectivity index is 2.28. The molecule has 1 amide bonds. The van der Waals surface area contributed by atoms with Crippen LogP contribution in [0.25, 0.3) is 0 Å². The highest BCUT2D eigenvalue weighted by Gasteiger charge is 2.16. The number of hydrogen-bond acceptors (Lipinski definition) is 3. The van der Waals surface area contributed by atoms with Gasteiger partial charge < -0.3 is 5.32 Å². The molecule has 0 spiro atoms. The van der Waals surface area contributed by atoms with Crippen LogP contribution in [0.2, 0.25) is 0 Å².